The highest BCUT2D eigenvalue weighted by atomic mass is 32.2. The zero-order chi connectivity index (χ0) is 14.0. The maximum atomic E-state index is 12.1. The minimum atomic E-state index is -3.42. The van der Waals surface area contributed by atoms with Crippen LogP contribution in [-0.4, -0.2) is 44.4 Å². The quantitative estimate of drug-likeness (QED) is 0.823. The van der Waals surface area contributed by atoms with E-state index in [4.69, 9.17) is 5.73 Å². The van der Waals surface area contributed by atoms with Crippen molar-refractivity contribution in [3.05, 3.63) is 18.2 Å². The molecule has 3 N–H and O–H groups in total. The van der Waals surface area contributed by atoms with Gasteiger partial charge in [-0.1, -0.05) is 0 Å². The molecule has 1 aromatic carbocycles. The molecule has 5 nitrogen and oxygen atoms in total. The van der Waals surface area contributed by atoms with Crippen molar-refractivity contribution < 1.29 is 8.42 Å². The summed E-state index contributed by atoms with van der Waals surface area (Å²) in [5, 5.41) is 3.33. The predicted octanol–water partition coefficient (Wildman–Crippen LogP) is 1.44. The monoisotopic (exact) mass is 301 g/mol. The summed E-state index contributed by atoms with van der Waals surface area (Å²) in [6.45, 7) is 0. The van der Waals surface area contributed by atoms with Gasteiger partial charge in [0.1, 0.15) is 0 Å². The summed E-state index contributed by atoms with van der Waals surface area (Å²) in [5.41, 5.74) is 7.19. The van der Waals surface area contributed by atoms with Gasteiger partial charge in [0, 0.05) is 25.9 Å². The van der Waals surface area contributed by atoms with E-state index >= 15 is 0 Å². The third kappa shape index (κ3) is 3.16. The molecule has 0 radical (unpaired) electrons. The molecule has 1 saturated heterocycles. The van der Waals surface area contributed by atoms with E-state index < -0.39 is 10.0 Å². The van der Waals surface area contributed by atoms with E-state index in [2.05, 4.69) is 5.32 Å². The van der Waals surface area contributed by atoms with Crippen molar-refractivity contribution in [3.63, 3.8) is 0 Å². The van der Waals surface area contributed by atoms with Crippen LogP contribution in [0.5, 0.6) is 0 Å². The van der Waals surface area contributed by atoms with Gasteiger partial charge in [-0.2, -0.15) is 11.8 Å². The van der Waals surface area contributed by atoms with Gasteiger partial charge in [0.15, 0.2) is 0 Å². The molecule has 0 saturated carbocycles. The molecular weight excluding hydrogens is 282 g/mol. The Bertz CT molecular complexity index is 552. The summed E-state index contributed by atoms with van der Waals surface area (Å²) in [6.07, 6.45) is 1.08. The lowest BCUT2D eigenvalue weighted by atomic mass is 10.2. The number of anilines is 2. The number of hydrogen-bond acceptors (Lipinski definition) is 5. The van der Waals surface area contributed by atoms with Crippen LogP contribution in [0.25, 0.3) is 0 Å². The number of thioether (sulfide) groups is 1. The number of nitrogens with one attached hydrogen (secondary N) is 1. The van der Waals surface area contributed by atoms with Crippen LogP contribution in [0.1, 0.15) is 6.42 Å². The van der Waals surface area contributed by atoms with E-state index in [1.165, 1.54) is 18.4 Å². The Morgan fingerprint density at radius 2 is 2.16 bits per heavy atom. The van der Waals surface area contributed by atoms with Crippen molar-refractivity contribution in [3.8, 4) is 0 Å². The lowest BCUT2D eigenvalue weighted by Crippen LogP contribution is -2.23. The first-order valence-electron chi connectivity index (χ1n) is 6.07. The molecule has 2 rings (SSSR count). The molecule has 19 heavy (non-hydrogen) atoms. The number of nitrogen functional groups attached to an aromatic ring is 1. The molecule has 0 amide bonds. The highest BCUT2D eigenvalue weighted by Gasteiger charge is 2.20. The van der Waals surface area contributed by atoms with Crippen LogP contribution in [0.4, 0.5) is 11.4 Å². The lowest BCUT2D eigenvalue weighted by Gasteiger charge is -2.17. The van der Waals surface area contributed by atoms with Gasteiger partial charge < -0.3 is 11.1 Å². The topological polar surface area (TPSA) is 75.4 Å². The van der Waals surface area contributed by atoms with E-state index in [1.807, 2.05) is 11.8 Å². The Morgan fingerprint density at radius 1 is 1.42 bits per heavy atom. The highest BCUT2D eigenvalue weighted by molar-refractivity contribution is 7.99. The first-order chi connectivity index (χ1) is 8.91. The first-order valence-corrected chi connectivity index (χ1v) is 8.67. The van der Waals surface area contributed by atoms with Crippen molar-refractivity contribution in [2.75, 3.05) is 36.7 Å². The number of nitrogens with zero attached hydrogens (tertiary/aromatic N) is 1. The number of sulfonamides is 1. The van der Waals surface area contributed by atoms with Gasteiger partial charge in [-0.3, -0.25) is 0 Å². The number of rotatable bonds is 4. The molecule has 1 unspecified atom stereocenters. The maximum absolute atomic E-state index is 12.1. The van der Waals surface area contributed by atoms with E-state index in [9.17, 15) is 8.42 Å². The van der Waals surface area contributed by atoms with Crippen LogP contribution in [0.15, 0.2) is 23.1 Å². The van der Waals surface area contributed by atoms with Crippen molar-refractivity contribution in [2.24, 2.45) is 0 Å². The van der Waals surface area contributed by atoms with E-state index in [0.717, 1.165) is 17.9 Å². The second kappa shape index (κ2) is 5.60. The van der Waals surface area contributed by atoms with Crippen LogP contribution in [-0.2, 0) is 10.0 Å². The van der Waals surface area contributed by atoms with E-state index in [1.54, 1.807) is 18.2 Å². The van der Waals surface area contributed by atoms with Gasteiger partial charge >= 0.3 is 0 Å². The largest absolute Gasteiger partial charge is 0.397 e. The zero-order valence-electron chi connectivity index (χ0n) is 11.1. The molecule has 0 aromatic heterocycles. The van der Waals surface area contributed by atoms with E-state index in [0.29, 0.717) is 17.4 Å². The van der Waals surface area contributed by atoms with Crippen LogP contribution >= 0.6 is 11.8 Å². The predicted molar refractivity (Wildman–Crippen MR) is 81.1 cm³/mol. The summed E-state index contributed by atoms with van der Waals surface area (Å²) in [5.74, 6) is 2.16. The van der Waals surface area contributed by atoms with Crippen molar-refractivity contribution in [2.45, 2.75) is 17.4 Å². The molecule has 1 heterocycles. The molecular formula is C12H19N3O2S2. The molecule has 0 aliphatic carbocycles. The first kappa shape index (κ1) is 14.5. The molecule has 1 aliphatic rings. The summed E-state index contributed by atoms with van der Waals surface area (Å²) < 4.78 is 25.4. The number of hydrogen-bond donors (Lipinski definition) is 2. The highest BCUT2D eigenvalue weighted by Crippen LogP contribution is 2.28. The van der Waals surface area contributed by atoms with Crippen LogP contribution in [0, 0.1) is 0 Å². The van der Waals surface area contributed by atoms with Crippen LogP contribution in [0.3, 0.4) is 0 Å². The van der Waals surface area contributed by atoms with Gasteiger partial charge in [0.2, 0.25) is 10.0 Å². The smallest absolute Gasteiger partial charge is 0.242 e. The van der Waals surface area contributed by atoms with Gasteiger partial charge in [-0.15, -0.1) is 0 Å². The summed E-state index contributed by atoms with van der Waals surface area (Å²) in [4.78, 5) is 0.264. The third-order valence-electron chi connectivity index (χ3n) is 3.09. The fourth-order valence-electron chi connectivity index (χ4n) is 1.90. The van der Waals surface area contributed by atoms with Crippen molar-refractivity contribution in [1.82, 2.24) is 4.31 Å². The van der Waals surface area contributed by atoms with Crippen molar-refractivity contribution in [1.29, 1.82) is 0 Å². The molecule has 1 atom stereocenters. The Hall–Kier alpha value is -0.920. The minimum absolute atomic E-state index is 0.264. The molecule has 0 bridgehead atoms. The van der Waals surface area contributed by atoms with E-state index in [-0.39, 0.29) is 4.90 Å². The molecule has 1 fully saturated rings. The van der Waals surface area contributed by atoms with Crippen molar-refractivity contribution >= 4 is 33.2 Å². The van der Waals surface area contributed by atoms with Crippen LogP contribution in [0.2, 0.25) is 0 Å². The van der Waals surface area contributed by atoms with Gasteiger partial charge in [-0.05, 0) is 30.4 Å². The maximum Gasteiger partial charge on any atom is 0.242 e. The van der Waals surface area contributed by atoms with Crippen LogP contribution < -0.4 is 11.1 Å². The summed E-state index contributed by atoms with van der Waals surface area (Å²) >= 11 is 1.89. The summed E-state index contributed by atoms with van der Waals surface area (Å²) in [6, 6.07) is 5.16. The average molecular weight is 301 g/mol. The Morgan fingerprint density at radius 3 is 2.74 bits per heavy atom. The lowest BCUT2D eigenvalue weighted by molar-refractivity contribution is 0.521. The standard InChI is InChI=1S/C12H19N3O2S2/c1-15(2)19(16,17)10-3-4-11(13)12(7-10)14-9-5-6-18-8-9/h3-4,7,9,14H,5-6,8,13H2,1-2H3. The minimum Gasteiger partial charge on any atom is -0.397 e. The molecule has 1 aliphatic heterocycles. The fourth-order valence-corrected chi connectivity index (χ4v) is 3.98. The molecule has 1 aromatic rings. The van der Waals surface area contributed by atoms with Gasteiger partial charge in [0.25, 0.3) is 0 Å². The molecule has 0 spiro atoms. The molecule has 7 heteroatoms. The number of nitrogens with two attached hydrogens (primary N) is 1. The second-order valence-electron chi connectivity index (χ2n) is 4.74. The Balaban J connectivity index is 2.29. The van der Waals surface area contributed by atoms with Gasteiger partial charge in [0.05, 0.1) is 16.3 Å². The summed E-state index contributed by atoms with van der Waals surface area (Å²) in [7, 11) is -0.377. The Kier molecular flexibility index (Phi) is 4.27. The SMILES string of the molecule is CN(C)S(=O)(=O)c1ccc(N)c(NC2CCSC2)c1. The molecule has 106 valence electrons. The zero-order valence-corrected chi connectivity index (χ0v) is 12.7. The number of benzene rings is 1. The second-order valence-corrected chi connectivity index (χ2v) is 8.04. The Labute approximate surface area is 118 Å². The van der Waals surface area contributed by atoms with Gasteiger partial charge in [-0.25, -0.2) is 12.7 Å². The normalized spacial score (nSPS) is 19.8. The average Bonchev–Trinajstić information content (AvgIpc) is 2.84. The third-order valence-corrected chi connectivity index (χ3v) is 6.07. The fraction of sp³-hybridized carbons (Fsp3) is 0.500.